The molecule has 2 amide bonds. The number of piperazine rings is 1. The average molecular weight is 361 g/mol. The molecule has 1 fully saturated rings. The van der Waals surface area contributed by atoms with Gasteiger partial charge in [0.2, 0.25) is 11.7 Å². The Morgan fingerprint density at radius 3 is 2.27 bits per heavy atom. The number of amides is 2. The Balaban J connectivity index is 1.87. The van der Waals surface area contributed by atoms with Crippen LogP contribution in [0.1, 0.15) is 36.1 Å². The fourth-order valence-electron chi connectivity index (χ4n) is 3.02. The molecule has 0 aliphatic carbocycles. The van der Waals surface area contributed by atoms with Crippen molar-refractivity contribution in [2.45, 2.75) is 20.0 Å². The topological polar surface area (TPSA) is 86.9 Å². The summed E-state index contributed by atoms with van der Waals surface area (Å²) in [5.74, 6) is -0.837. The van der Waals surface area contributed by atoms with Gasteiger partial charge in [-0.2, -0.15) is 0 Å². The first-order valence-electron chi connectivity index (χ1n) is 8.37. The van der Waals surface area contributed by atoms with Gasteiger partial charge >= 0.3 is 0 Å². The van der Waals surface area contributed by atoms with E-state index >= 15 is 0 Å². The summed E-state index contributed by atoms with van der Waals surface area (Å²) in [5.41, 5.74) is 1.13. The molecule has 0 bridgehead atoms. The first-order chi connectivity index (χ1) is 12.4. The van der Waals surface area contributed by atoms with Crippen molar-refractivity contribution < 1.29 is 23.6 Å². The van der Waals surface area contributed by atoms with E-state index in [1.807, 2.05) is 0 Å². The van der Waals surface area contributed by atoms with Gasteiger partial charge < -0.3 is 19.4 Å². The number of halogens is 1. The lowest BCUT2D eigenvalue weighted by molar-refractivity contribution is -0.130. The number of hydrogen-bond donors (Lipinski definition) is 1. The Hall–Kier alpha value is -2.74. The molecular formula is C18H20FN3O4. The van der Waals surface area contributed by atoms with Gasteiger partial charge in [-0.1, -0.05) is 5.16 Å². The zero-order valence-electron chi connectivity index (χ0n) is 14.6. The Morgan fingerprint density at radius 2 is 1.73 bits per heavy atom. The monoisotopic (exact) mass is 361 g/mol. The second kappa shape index (κ2) is 7.25. The van der Waals surface area contributed by atoms with Crippen LogP contribution in [0.3, 0.4) is 0 Å². The van der Waals surface area contributed by atoms with Crippen LogP contribution in [0.2, 0.25) is 0 Å². The van der Waals surface area contributed by atoms with Crippen molar-refractivity contribution in [2.24, 2.45) is 0 Å². The van der Waals surface area contributed by atoms with E-state index in [1.165, 1.54) is 38.1 Å². The molecule has 1 N–H and O–H groups in total. The summed E-state index contributed by atoms with van der Waals surface area (Å²) in [6.45, 7) is 4.67. The normalized spacial score (nSPS) is 15.8. The van der Waals surface area contributed by atoms with E-state index in [2.05, 4.69) is 5.16 Å². The van der Waals surface area contributed by atoms with Crippen molar-refractivity contribution in [1.29, 1.82) is 0 Å². The average Bonchev–Trinajstić information content (AvgIpc) is 3.07. The lowest BCUT2D eigenvalue weighted by Gasteiger charge is -2.33. The molecule has 1 saturated heterocycles. The van der Waals surface area contributed by atoms with Gasteiger partial charge in [0.15, 0.2) is 0 Å². The zero-order chi connectivity index (χ0) is 18.8. The predicted octanol–water partition coefficient (Wildman–Crippen LogP) is 1.84. The Bertz CT molecular complexity index is 808. The van der Waals surface area contributed by atoms with Crippen molar-refractivity contribution in [3.63, 3.8) is 0 Å². The highest BCUT2D eigenvalue weighted by atomic mass is 19.1. The van der Waals surface area contributed by atoms with Crippen LogP contribution in [0, 0.1) is 5.82 Å². The molecule has 2 aromatic rings. The zero-order valence-corrected chi connectivity index (χ0v) is 14.6. The Labute approximate surface area is 150 Å². The van der Waals surface area contributed by atoms with Crippen LogP contribution in [0.15, 0.2) is 28.8 Å². The highest BCUT2D eigenvalue weighted by molar-refractivity contribution is 5.95. The van der Waals surface area contributed by atoms with Crippen LogP contribution >= 0.6 is 0 Å². The van der Waals surface area contributed by atoms with Crippen LogP contribution in [-0.4, -0.2) is 58.1 Å². The smallest absolute Gasteiger partial charge is 0.293 e. The van der Waals surface area contributed by atoms with E-state index in [1.54, 1.807) is 9.80 Å². The number of benzene rings is 1. The highest BCUT2D eigenvalue weighted by Gasteiger charge is 2.31. The summed E-state index contributed by atoms with van der Waals surface area (Å²) in [5, 5.41) is 14.1. The van der Waals surface area contributed by atoms with Crippen molar-refractivity contribution in [2.75, 3.05) is 26.2 Å². The standard InChI is InChI=1S/C18H20FN3O4/c1-11(23)15-16(13-3-5-14(19)6-4-13)20-26-17(15)18(25)22-9-7-21(8-10-22)12(2)24/h3-6,11,23H,7-10H2,1-2H3. The van der Waals surface area contributed by atoms with Crippen LogP contribution in [-0.2, 0) is 4.79 Å². The summed E-state index contributed by atoms with van der Waals surface area (Å²) < 4.78 is 18.4. The minimum absolute atomic E-state index is 0.0278. The van der Waals surface area contributed by atoms with Gasteiger partial charge in [0, 0.05) is 38.7 Å². The van der Waals surface area contributed by atoms with Gasteiger partial charge in [0.1, 0.15) is 11.5 Å². The summed E-state index contributed by atoms with van der Waals surface area (Å²) in [6, 6.07) is 5.58. The van der Waals surface area contributed by atoms with Gasteiger partial charge in [-0.25, -0.2) is 4.39 Å². The van der Waals surface area contributed by atoms with E-state index in [4.69, 9.17) is 4.52 Å². The SMILES string of the molecule is CC(=O)N1CCN(C(=O)c2onc(-c3ccc(F)cc3)c2C(C)O)CC1. The van der Waals surface area contributed by atoms with Crippen molar-refractivity contribution in [3.8, 4) is 11.3 Å². The molecule has 3 rings (SSSR count). The molecule has 8 heteroatoms. The maximum Gasteiger partial charge on any atom is 0.293 e. The fraction of sp³-hybridized carbons (Fsp3) is 0.389. The van der Waals surface area contributed by atoms with E-state index in [0.29, 0.717) is 37.4 Å². The molecule has 1 unspecified atom stereocenters. The molecule has 1 aliphatic heterocycles. The molecule has 0 spiro atoms. The summed E-state index contributed by atoms with van der Waals surface area (Å²) in [7, 11) is 0. The molecule has 1 aromatic carbocycles. The van der Waals surface area contributed by atoms with Gasteiger partial charge in [0.05, 0.1) is 11.7 Å². The van der Waals surface area contributed by atoms with Gasteiger partial charge in [-0.15, -0.1) is 0 Å². The second-order valence-electron chi connectivity index (χ2n) is 6.26. The summed E-state index contributed by atoms with van der Waals surface area (Å²) in [6.07, 6.45) is -0.987. The van der Waals surface area contributed by atoms with E-state index < -0.39 is 11.9 Å². The molecule has 2 heterocycles. The minimum Gasteiger partial charge on any atom is -0.388 e. The van der Waals surface area contributed by atoms with Gasteiger partial charge in [-0.05, 0) is 31.2 Å². The number of aliphatic hydroxyl groups excluding tert-OH is 1. The third-order valence-electron chi connectivity index (χ3n) is 4.47. The number of carbonyl (C=O) groups is 2. The van der Waals surface area contributed by atoms with Crippen molar-refractivity contribution in [3.05, 3.63) is 41.4 Å². The molecule has 0 saturated carbocycles. The van der Waals surface area contributed by atoms with E-state index in [-0.39, 0.29) is 23.1 Å². The number of aromatic nitrogens is 1. The first kappa shape index (κ1) is 18.1. The lowest BCUT2D eigenvalue weighted by Crippen LogP contribution is -2.50. The number of rotatable bonds is 3. The third kappa shape index (κ3) is 3.45. The number of hydrogen-bond acceptors (Lipinski definition) is 5. The minimum atomic E-state index is -0.987. The molecular weight excluding hydrogens is 341 g/mol. The largest absolute Gasteiger partial charge is 0.388 e. The molecule has 1 atom stereocenters. The summed E-state index contributed by atoms with van der Waals surface area (Å²) >= 11 is 0. The molecule has 138 valence electrons. The molecule has 26 heavy (non-hydrogen) atoms. The maximum absolute atomic E-state index is 13.1. The predicted molar refractivity (Wildman–Crippen MR) is 90.7 cm³/mol. The Morgan fingerprint density at radius 1 is 1.15 bits per heavy atom. The lowest BCUT2D eigenvalue weighted by atomic mass is 10.0. The number of carbonyl (C=O) groups excluding carboxylic acids is 2. The van der Waals surface area contributed by atoms with E-state index in [0.717, 1.165) is 0 Å². The number of aliphatic hydroxyl groups is 1. The Kier molecular flexibility index (Phi) is 5.03. The first-order valence-corrected chi connectivity index (χ1v) is 8.37. The van der Waals surface area contributed by atoms with Crippen molar-refractivity contribution in [1.82, 2.24) is 15.0 Å². The third-order valence-corrected chi connectivity index (χ3v) is 4.47. The molecule has 0 radical (unpaired) electrons. The van der Waals surface area contributed by atoms with Crippen LogP contribution in [0.5, 0.6) is 0 Å². The van der Waals surface area contributed by atoms with Gasteiger partial charge in [-0.3, -0.25) is 9.59 Å². The number of nitrogens with zero attached hydrogens (tertiary/aromatic N) is 3. The van der Waals surface area contributed by atoms with Crippen LogP contribution in [0.4, 0.5) is 4.39 Å². The maximum atomic E-state index is 13.1. The van der Waals surface area contributed by atoms with Crippen molar-refractivity contribution >= 4 is 11.8 Å². The molecule has 1 aromatic heterocycles. The summed E-state index contributed by atoms with van der Waals surface area (Å²) in [4.78, 5) is 27.5. The molecule has 1 aliphatic rings. The van der Waals surface area contributed by atoms with Crippen LogP contribution in [0.25, 0.3) is 11.3 Å². The van der Waals surface area contributed by atoms with E-state index in [9.17, 15) is 19.1 Å². The quantitative estimate of drug-likeness (QED) is 0.901. The fourth-order valence-corrected chi connectivity index (χ4v) is 3.02. The van der Waals surface area contributed by atoms with Gasteiger partial charge in [0.25, 0.3) is 5.91 Å². The highest BCUT2D eigenvalue weighted by Crippen LogP contribution is 2.31. The molecule has 7 nitrogen and oxygen atoms in total. The van der Waals surface area contributed by atoms with Crippen LogP contribution < -0.4 is 0 Å². The second-order valence-corrected chi connectivity index (χ2v) is 6.26.